The number of amides is 1. The Morgan fingerprint density at radius 1 is 1.07 bits per heavy atom. The number of nitrogens with one attached hydrogen (secondary N) is 1. The predicted octanol–water partition coefficient (Wildman–Crippen LogP) is 6.37. The van der Waals surface area contributed by atoms with Crippen LogP contribution in [0.3, 0.4) is 0 Å². The molecule has 1 amide bonds. The van der Waals surface area contributed by atoms with Crippen LogP contribution in [0.15, 0.2) is 18.2 Å². The first-order valence-electron chi connectivity index (χ1n) is 11.3. The second-order valence-corrected chi connectivity index (χ2v) is 9.55. The lowest BCUT2D eigenvalue weighted by atomic mass is 9.85. The first-order chi connectivity index (χ1) is 13.2. The fourth-order valence-electron chi connectivity index (χ4n) is 3.70. The number of rotatable bonds is 12. The van der Waals surface area contributed by atoms with Crippen molar-refractivity contribution in [3.05, 3.63) is 29.3 Å². The second kappa shape index (κ2) is 12.1. The molecule has 160 valence electrons. The van der Waals surface area contributed by atoms with Crippen LogP contribution in [0.1, 0.15) is 97.6 Å². The van der Waals surface area contributed by atoms with Crippen LogP contribution in [0.2, 0.25) is 0 Å². The zero-order valence-corrected chi connectivity index (χ0v) is 19.1. The van der Waals surface area contributed by atoms with Gasteiger partial charge in [0.15, 0.2) is 0 Å². The maximum absolute atomic E-state index is 12.4. The summed E-state index contributed by atoms with van der Waals surface area (Å²) in [5, 5.41) is 13.4. The second-order valence-electron chi connectivity index (χ2n) is 9.55. The van der Waals surface area contributed by atoms with Gasteiger partial charge in [-0.2, -0.15) is 0 Å². The van der Waals surface area contributed by atoms with Gasteiger partial charge in [-0.3, -0.25) is 4.79 Å². The first-order valence-corrected chi connectivity index (χ1v) is 11.3. The van der Waals surface area contributed by atoms with E-state index in [-0.39, 0.29) is 17.2 Å². The highest BCUT2D eigenvalue weighted by Crippen LogP contribution is 2.31. The summed E-state index contributed by atoms with van der Waals surface area (Å²) in [6, 6.07) is 6.14. The fraction of sp³-hybridized carbons (Fsp3) is 0.720. The molecule has 0 spiro atoms. The van der Waals surface area contributed by atoms with E-state index in [1.807, 2.05) is 6.07 Å². The molecule has 1 rings (SSSR count). The van der Waals surface area contributed by atoms with Crippen LogP contribution in [-0.2, 0) is 16.6 Å². The van der Waals surface area contributed by atoms with Crippen LogP contribution in [0.5, 0.6) is 5.75 Å². The molecule has 3 heteroatoms. The Morgan fingerprint density at radius 2 is 1.75 bits per heavy atom. The molecular weight excluding hydrogens is 346 g/mol. The van der Waals surface area contributed by atoms with Gasteiger partial charge >= 0.3 is 0 Å². The van der Waals surface area contributed by atoms with Crippen molar-refractivity contribution < 1.29 is 9.90 Å². The summed E-state index contributed by atoms with van der Waals surface area (Å²) < 4.78 is 0. The number of aromatic hydroxyl groups is 1. The van der Waals surface area contributed by atoms with E-state index in [1.165, 1.54) is 12.0 Å². The number of hydrogen-bond acceptors (Lipinski definition) is 2. The van der Waals surface area contributed by atoms with Crippen molar-refractivity contribution in [3.8, 4) is 5.75 Å². The number of unbranched alkanes of at least 4 members (excludes halogenated alkanes) is 4. The number of aryl methyl sites for hydroxylation is 1. The molecule has 1 aromatic rings. The Morgan fingerprint density at radius 3 is 2.32 bits per heavy atom. The normalized spacial score (nSPS) is 13.0. The van der Waals surface area contributed by atoms with Crippen molar-refractivity contribution in [1.82, 2.24) is 5.32 Å². The van der Waals surface area contributed by atoms with Crippen LogP contribution < -0.4 is 5.32 Å². The van der Waals surface area contributed by atoms with Crippen molar-refractivity contribution in [1.29, 1.82) is 0 Å². The minimum atomic E-state index is -0.0294. The molecule has 2 N–H and O–H groups in total. The third-order valence-corrected chi connectivity index (χ3v) is 5.57. The number of benzene rings is 1. The lowest BCUT2D eigenvalue weighted by molar-refractivity contribution is -0.126. The molecule has 0 aliphatic rings. The van der Waals surface area contributed by atoms with Gasteiger partial charge in [0.2, 0.25) is 5.91 Å². The Balaban J connectivity index is 2.32. The zero-order chi connectivity index (χ0) is 21.2. The third kappa shape index (κ3) is 8.67. The SMILES string of the molecule is CCCCNC(=O)[C@@H](CCCCCCc1ccc(C(C)(C)C)c(O)c1)C(C)C. The quantitative estimate of drug-likeness (QED) is 0.408. The lowest BCUT2D eigenvalue weighted by Crippen LogP contribution is -2.34. The van der Waals surface area contributed by atoms with Gasteiger partial charge in [-0.15, -0.1) is 0 Å². The number of carbonyl (C=O) groups excluding carboxylic acids is 1. The molecule has 3 nitrogen and oxygen atoms in total. The van der Waals surface area contributed by atoms with E-state index < -0.39 is 0 Å². The van der Waals surface area contributed by atoms with Gasteiger partial charge < -0.3 is 10.4 Å². The average Bonchev–Trinajstić information content (AvgIpc) is 2.59. The minimum Gasteiger partial charge on any atom is -0.508 e. The van der Waals surface area contributed by atoms with Gasteiger partial charge in [0.1, 0.15) is 5.75 Å². The number of phenolic OH excluding ortho intramolecular Hbond substituents is 1. The molecule has 0 radical (unpaired) electrons. The van der Waals surface area contributed by atoms with E-state index >= 15 is 0 Å². The molecule has 0 aromatic heterocycles. The molecule has 0 unspecified atom stereocenters. The summed E-state index contributed by atoms with van der Waals surface area (Å²) in [6.07, 6.45) is 8.73. The highest BCUT2D eigenvalue weighted by Gasteiger charge is 2.21. The van der Waals surface area contributed by atoms with Crippen molar-refractivity contribution in [2.75, 3.05) is 6.54 Å². The summed E-state index contributed by atoms with van der Waals surface area (Å²) in [6.45, 7) is 13.6. The van der Waals surface area contributed by atoms with Gasteiger partial charge in [0.25, 0.3) is 0 Å². The van der Waals surface area contributed by atoms with E-state index in [2.05, 4.69) is 59.0 Å². The molecule has 28 heavy (non-hydrogen) atoms. The molecule has 0 aliphatic carbocycles. The maximum Gasteiger partial charge on any atom is 0.223 e. The van der Waals surface area contributed by atoms with E-state index in [4.69, 9.17) is 0 Å². The van der Waals surface area contributed by atoms with Crippen molar-refractivity contribution >= 4 is 5.91 Å². The zero-order valence-electron chi connectivity index (χ0n) is 19.1. The molecular formula is C25H43NO2. The largest absolute Gasteiger partial charge is 0.508 e. The Bertz CT molecular complexity index is 587. The standard InChI is InChI=1S/C25H43NO2/c1-7-8-17-26-24(28)21(19(2)3)14-12-10-9-11-13-20-15-16-22(23(27)18-20)25(4,5)6/h15-16,18-19,21,27H,7-14,17H2,1-6H3,(H,26,28)/t21-/m0/s1. The molecule has 1 atom stereocenters. The summed E-state index contributed by atoms with van der Waals surface area (Å²) in [5.41, 5.74) is 2.19. The predicted molar refractivity (Wildman–Crippen MR) is 120 cm³/mol. The van der Waals surface area contributed by atoms with Gasteiger partial charge in [-0.1, -0.05) is 79.4 Å². The third-order valence-electron chi connectivity index (χ3n) is 5.57. The number of phenols is 1. The van der Waals surface area contributed by atoms with Crippen molar-refractivity contribution in [3.63, 3.8) is 0 Å². The molecule has 0 fully saturated rings. The molecule has 0 aliphatic heterocycles. The molecule has 0 heterocycles. The van der Waals surface area contributed by atoms with Crippen molar-refractivity contribution in [2.24, 2.45) is 11.8 Å². The van der Waals surface area contributed by atoms with Gasteiger partial charge in [0, 0.05) is 12.5 Å². The summed E-state index contributed by atoms with van der Waals surface area (Å²) in [7, 11) is 0. The molecule has 0 bridgehead atoms. The van der Waals surface area contributed by atoms with Crippen LogP contribution in [0, 0.1) is 11.8 Å². The lowest BCUT2D eigenvalue weighted by Gasteiger charge is -2.21. The van der Waals surface area contributed by atoms with E-state index in [1.54, 1.807) is 0 Å². The fourth-order valence-corrected chi connectivity index (χ4v) is 3.70. The Kier molecular flexibility index (Phi) is 10.6. The average molecular weight is 390 g/mol. The highest BCUT2D eigenvalue weighted by atomic mass is 16.3. The molecule has 0 saturated heterocycles. The van der Waals surface area contributed by atoms with Crippen LogP contribution in [0.4, 0.5) is 0 Å². The first kappa shape index (κ1) is 24.5. The van der Waals surface area contributed by atoms with Gasteiger partial charge in [-0.25, -0.2) is 0 Å². The van der Waals surface area contributed by atoms with Crippen molar-refractivity contribution in [2.45, 2.75) is 98.3 Å². The number of carbonyl (C=O) groups is 1. The van der Waals surface area contributed by atoms with E-state index in [0.29, 0.717) is 11.7 Å². The Hall–Kier alpha value is -1.51. The van der Waals surface area contributed by atoms with Crippen LogP contribution in [-0.4, -0.2) is 17.6 Å². The van der Waals surface area contributed by atoms with Gasteiger partial charge in [0.05, 0.1) is 0 Å². The highest BCUT2D eigenvalue weighted by molar-refractivity contribution is 5.78. The minimum absolute atomic E-state index is 0.0294. The topological polar surface area (TPSA) is 49.3 Å². The number of hydrogen-bond donors (Lipinski definition) is 2. The Labute approximate surface area is 173 Å². The van der Waals surface area contributed by atoms with Crippen LogP contribution in [0.25, 0.3) is 0 Å². The summed E-state index contributed by atoms with van der Waals surface area (Å²) in [5.74, 6) is 1.18. The summed E-state index contributed by atoms with van der Waals surface area (Å²) >= 11 is 0. The van der Waals surface area contributed by atoms with E-state index in [0.717, 1.165) is 57.1 Å². The summed E-state index contributed by atoms with van der Waals surface area (Å²) in [4.78, 5) is 12.4. The van der Waals surface area contributed by atoms with E-state index in [9.17, 15) is 9.90 Å². The maximum atomic E-state index is 12.4. The smallest absolute Gasteiger partial charge is 0.223 e. The molecule has 0 saturated carbocycles. The van der Waals surface area contributed by atoms with Crippen LogP contribution >= 0.6 is 0 Å². The molecule has 1 aromatic carbocycles. The van der Waals surface area contributed by atoms with Gasteiger partial charge in [-0.05, 0) is 54.2 Å². The monoisotopic (exact) mass is 389 g/mol.